The Hall–Kier alpha value is -1.85. The van der Waals surface area contributed by atoms with E-state index in [9.17, 15) is 14.4 Å². The zero-order valence-electron chi connectivity index (χ0n) is 55.4. The highest BCUT2D eigenvalue weighted by Crippen LogP contribution is 2.20. The second-order valence-corrected chi connectivity index (χ2v) is 25.6. The van der Waals surface area contributed by atoms with E-state index in [-0.39, 0.29) is 31.1 Å². The number of ether oxygens (including phenoxy) is 3. The van der Waals surface area contributed by atoms with Gasteiger partial charge in [-0.2, -0.15) is 0 Å². The van der Waals surface area contributed by atoms with Gasteiger partial charge in [-0.05, 0) is 44.9 Å². The number of rotatable bonds is 70. The van der Waals surface area contributed by atoms with E-state index < -0.39 is 6.10 Å². The van der Waals surface area contributed by atoms with Crippen LogP contribution in [0, 0.1) is 0 Å². The fourth-order valence-electron chi connectivity index (χ4n) is 11.7. The van der Waals surface area contributed by atoms with Crippen molar-refractivity contribution in [2.24, 2.45) is 0 Å². The van der Waals surface area contributed by atoms with Crippen molar-refractivity contribution in [2.45, 2.75) is 438 Å². The normalized spacial score (nSPS) is 12.0. The van der Waals surface area contributed by atoms with Gasteiger partial charge in [0.25, 0.3) is 0 Å². The minimum Gasteiger partial charge on any atom is -0.462 e. The summed E-state index contributed by atoms with van der Waals surface area (Å²) in [5.41, 5.74) is 0. The topological polar surface area (TPSA) is 78.9 Å². The fraction of sp³-hybridized carbons (Fsp3) is 0.933. The van der Waals surface area contributed by atoms with Crippen LogP contribution in [-0.4, -0.2) is 37.2 Å². The van der Waals surface area contributed by atoms with Gasteiger partial charge in [-0.15, -0.1) is 0 Å². The second kappa shape index (κ2) is 70.6. The number of hydrogen-bond acceptors (Lipinski definition) is 6. The van der Waals surface area contributed by atoms with Gasteiger partial charge in [-0.25, -0.2) is 0 Å². The largest absolute Gasteiger partial charge is 0.462 e. The summed E-state index contributed by atoms with van der Waals surface area (Å²) in [6.07, 6.45) is 85.4. The van der Waals surface area contributed by atoms with Crippen molar-refractivity contribution >= 4 is 17.9 Å². The van der Waals surface area contributed by atoms with E-state index in [1.165, 1.54) is 327 Å². The minimum absolute atomic E-state index is 0.0654. The first-order valence-corrected chi connectivity index (χ1v) is 37.2. The first-order valence-electron chi connectivity index (χ1n) is 37.2. The third-order valence-electron chi connectivity index (χ3n) is 17.3. The van der Waals surface area contributed by atoms with E-state index in [1.807, 2.05) is 0 Å². The van der Waals surface area contributed by atoms with Crippen molar-refractivity contribution in [1.29, 1.82) is 0 Å². The molecule has 0 aliphatic heterocycles. The minimum atomic E-state index is -0.770. The average Bonchev–Trinajstić information content (AvgIpc) is 3.47. The number of allylic oxidation sites excluding steroid dienone is 2. The predicted molar refractivity (Wildman–Crippen MR) is 353 cm³/mol. The Labute approximate surface area is 507 Å². The summed E-state index contributed by atoms with van der Waals surface area (Å²) in [5, 5.41) is 0. The molecular weight excluding hydrogens is 997 g/mol. The molecule has 0 radical (unpaired) electrons. The Morgan fingerprint density at radius 1 is 0.235 bits per heavy atom. The smallest absolute Gasteiger partial charge is 0.306 e. The number of carbonyl (C=O) groups excluding carboxylic acids is 3. The van der Waals surface area contributed by atoms with Crippen LogP contribution in [0.25, 0.3) is 0 Å². The molecule has 0 saturated heterocycles. The van der Waals surface area contributed by atoms with Gasteiger partial charge >= 0.3 is 17.9 Å². The summed E-state index contributed by atoms with van der Waals surface area (Å²) in [5.74, 6) is -0.836. The monoisotopic (exact) mass is 1140 g/mol. The molecule has 0 aromatic rings. The lowest BCUT2D eigenvalue weighted by atomic mass is 10.0. The molecule has 0 saturated carbocycles. The lowest BCUT2D eigenvalue weighted by Crippen LogP contribution is -2.30. The zero-order valence-corrected chi connectivity index (χ0v) is 55.4. The van der Waals surface area contributed by atoms with Crippen LogP contribution in [0.4, 0.5) is 0 Å². The van der Waals surface area contributed by atoms with Gasteiger partial charge in [-0.1, -0.05) is 380 Å². The van der Waals surface area contributed by atoms with Gasteiger partial charge in [0, 0.05) is 19.3 Å². The van der Waals surface area contributed by atoms with Crippen LogP contribution < -0.4 is 0 Å². The van der Waals surface area contributed by atoms with Crippen LogP contribution in [-0.2, 0) is 28.6 Å². The molecule has 1 unspecified atom stereocenters. The quantitative estimate of drug-likeness (QED) is 0.0261. The molecule has 0 bridgehead atoms. The van der Waals surface area contributed by atoms with Crippen molar-refractivity contribution in [1.82, 2.24) is 0 Å². The van der Waals surface area contributed by atoms with Gasteiger partial charge in [0.2, 0.25) is 0 Å². The molecule has 6 nitrogen and oxygen atoms in total. The third kappa shape index (κ3) is 68.8. The molecule has 0 aromatic heterocycles. The molecule has 0 aromatic carbocycles. The molecule has 81 heavy (non-hydrogen) atoms. The predicted octanol–water partition coefficient (Wildman–Crippen LogP) is 25.6. The molecule has 0 aliphatic carbocycles. The Morgan fingerprint density at radius 3 is 0.617 bits per heavy atom. The van der Waals surface area contributed by atoms with Crippen molar-refractivity contribution in [3.63, 3.8) is 0 Å². The zero-order chi connectivity index (χ0) is 58.5. The van der Waals surface area contributed by atoms with Crippen molar-refractivity contribution in [2.75, 3.05) is 13.2 Å². The lowest BCUT2D eigenvalue weighted by molar-refractivity contribution is -0.167. The molecule has 0 spiro atoms. The summed E-state index contributed by atoms with van der Waals surface area (Å²) in [6, 6.07) is 0. The summed E-state index contributed by atoms with van der Waals surface area (Å²) in [4.78, 5) is 38.5. The maximum atomic E-state index is 13.0. The molecule has 0 heterocycles. The third-order valence-corrected chi connectivity index (χ3v) is 17.3. The van der Waals surface area contributed by atoms with Gasteiger partial charge < -0.3 is 14.2 Å². The summed E-state index contributed by atoms with van der Waals surface area (Å²) in [7, 11) is 0. The van der Waals surface area contributed by atoms with Crippen molar-refractivity contribution < 1.29 is 28.6 Å². The summed E-state index contributed by atoms with van der Waals surface area (Å²) >= 11 is 0. The van der Waals surface area contributed by atoms with E-state index in [1.54, 1.807) is 0 Å². The molecule has 1 atom stereocenters. The number of hydrogen-bond donors (Lipinski definition) is 0. The Morgan fingerprint density at radius 2 is 0.407 bits per heavy atom. The lowest BCUT2D eigenvalue weighted by Gasteiger charge is -2.18. The number of carbonyl (C=O) groups is 3. The molecular formula is C75H144O6. The average molecular weight is 1140 g/mol. The SMILES string of the molecule is CCCCCCC/C=C\CCCCCCCC(=O)OCC(COC(=O)CCCCCCCCCCCCCCCCCCCCCCCCCCC)OC(=O)CCCCCCCCCCCCCCCCCCCCCCCCCC. The van der Waals surface area contributed by atoms with Gasteiger partial charge in [0.15, 0.2) is 6.10 Å². The Bertz CT molecular complexity index is 1260. The Kier molecular flexibility index (Phi) is 69.0. The highest BCUT2D eigenvalue weighted by Gasteiger charge is 2.20. The summed E-state index contributed by atoms with van der Waals surface area (Å²) in [6.45, 7) is 6.73. The van der Waals surface area contributed by atoms with E-state index in [2.05, 4.69) is 32.9 Å². The molecule has 0 aliphatic rings. The molecule has 6 heteroatoms. The number of esters is 3. The number of unbranched alkanes of at least 4 members (excludes halogenated alkanes) is 57. The highest BCUT2D eigenvalue weighted by atomic mass is 16.6. The highest BCUT2D eigenvalue weighted by molar-refractivity contribution is 5.71. The van der Waals surface area contributed by atoms with Crippen LogP contribution in [0.15, 0.2) is 12.2 Å². The van der Waals surface area contributed by atoms with Crippen LogP contribution in [0.1, 0.15) is 432 Å². The van der Waals surface area contributed by atoms with E-state index in [0.29, 0.717) is 19.3 Å². The van der Waals surface area contributed by atoms with Crippen molar-refractivity contribution in [3.8, 4) is 0 Å². The molecule has 0 amide bonds. The van der Waals surface area contributed by atoms with E-state index >= 15 is 0 Å². The summed E-state index contributed by atoms with van der Waals surface area (Å²) < 4.78 is 17.0. The molecule has 480 valence electrons. The van der Waals surface area contributed by atoms with Gasteiger partial charge in [0.1, 0.15) is 13.2 Å². The molecule has 0 N–H and O–H groups in total. The van der Waals surface area contributed by atoms with Crippen molar-refractivity contribution in [3.05, 3.63) is 12.2 Å². The van der Waals surface area contributed by atoms with Crippen LogP contribution in [0.5, 0.6) is 0 Å². The molecule has 0 rings (SSSR count). The first-order chi connectivity index (χ1) is 40.0. The van der Waals surface area contributed by atoms with Gasteiger partial charge in [0.05, 0.1) is 0 Å². The van der Waals surface area contributed by atoms with Crippen LogP contribution in [0.2, 0.25) is 0 Å². The Balaban J connectivity index is 4.20. The van der Waals surface area contributed by atoms with Gasteiger partial charge in [-0.3, -0.25) is 14.4 Å². The second-order valence-electron chi connectivity index (χ2n) is 25.6. The maximum absolute atomic E-state index is 13.0. The maximum Gasteiger partial charge on any atom is 0.306 e. The molecule has 0 fully saturated rings. The standard InChI is InChI=1S/C75H144O6/c1-4-7-10-13-16-19-22-25-28-30-32-34-36-38-40-41-43-45-47-50-53-56-59-62-65-68-74(77)80-71-72(70-79-73(76)67-64-61-58-55-52-49-27-24-21-18-15-12-9-6-3)81-75(78)69-66-63-60-57-54-51-48-46-44-42-39-37-35-33-31-29-26-23-20-17-14-11-8-5-2/h24,27,72H,4-23,25-26,28-71H2,1-3H3/b27-24-. The fourth-order valence-corrected chi connectivity index (χ4v) is 11.7. The van der Waals surface area contributed by atoms with Crippen LogP contribution in [0.3, 0.4) is 0 Å². The van der Waals surface area contributed by atoms with Crippen LogP contribution >= 0.6 is 0 Å². The van der Waals surface area contributed by atoms with E-state index in [0.717, 1.165) is 64.2 Å². The van der Waals surface area contributed by atoms with E-state index in [4.69, 9.17) is 14.2 Å². The first kappa shape index (κ1) is 79.2.